The van der Waals surface area contributed by atoms with E-state index in [1.165, 1.54) is 26.6 Å². The lowest BCUT2D eigenvalue weighted by molar-refractivity contribution is 0.102. The first-order valence-electron chi connectivity index (χ1n) is 6.66. The van der Waals surface area contributed by atoms with Crippen LogP contribution in [-0.2, 0) is 0 Å². The van der Waals surface area contributed by atoms with E-state index in [-0.39, 0.29) is 11.9 Å². The van der Waals surface area contributed by atoms with Crippen LogP contribution in [0.2, 0.25) is 0 Å². The maximum atomic E-state index is 12.3. The van der Waals surface area contributed by atoms with E-state index in [1.807, 2.05) is 6.92 Å². The van der Waals surface area contributed by atoms with E-state index in [0.717, 1.165) is 0 Å². The van der Waals surface area contributed by atoms with Crippen LogP contribution in [0.4, 0.5) is 5.69 Å². The van der Waals surface area contributed by atoms with Crippen molar-refractivity contribution in [1.82, 2.24) is 9.97 Å². The second-order valence-electron chi connectivity index (χ2n) is 4.18. The molecule has 116 valence electrons. The molecule has 2 aromatic rings. The zero-order valence-corrected chi connectivity index (χ0v) is 12.6. The number of nitrogens with one attached hydrogen (secondary N) is 1. The number of aromatic nitrogens is 2. The van der Waals surface area contributed by atoms with E-state index in [4.69, 9.17) is 14.2 Å². The molecule has 7 heteroatoms. The molecular formula is C15H17N3O4. The largest absolute Gasteiger partial charge is 0.493 e. The summed E-state index contributed by atoms with van der Waals surface area (Å²) in [5.41, 5.74) is 0.814. The van der Waals surface area contributed by atoms with Gasteiger partial charge < -0.3 is 19.5 Å². The number of methoxy groups -OCH3 is 2. The lowest BCUT2D eigenvalue weighted by atomic mass is 10.1. The molecule has 0 spiro atoms. The quantitative estimate of drug-likeness (QED) is 0.880. The lowest BCUT2D eigenvalue weighted by Gasteiger charge is -2.12. The van der Waals surface area contributed by atoms with Gasteiger partial charge in [-0.15, -0.1) is 0 Å². The Morgan fingerprint density at radius 1 is 1.18 bits per heavy atom. The Balaban J connectivity index is 2.18. The molecule has 0 saturated carbocycles. The van der Waals surface area contributed by atoms with Gasteiger partial charge in [-0.2, -0.15) is 0 Å². The second-order valence-corrected chi connectivity index (χ2v) is 4.18. The Hall–Kier alpha value is -2.83. The molecule has 1 heterocycles. The van der Waals surface area contributed by atoms with Crippen molar-refractivity contribution in [3.05, 3.63) is 36.2 Å². The van der Waals surface area contributed by atoms with Gasteiger partial charge in [0.25, 0.3) is 5.91 Å². The summed E-state index contributed by atoms with van der Waals surface area (Å²) in [5.74, 6) is 0.510. The molecule has 1 amide bonds. The number of ether oxygens (including phenoxy) is 3. The minimum Gasteiger partial charge on any atom is -0.493 e. The van der Waals surface area contributed by atoms with Gasteiger partial charge in [-0.1, -0.05) is 6.07 Å². The lowest BCUT2D eigenvalue weighted by Crippen LogP contribution is -2.14. The van der Waals surface area contributed by atoms with E-state index < -0.39 is 0 Å². The van der Waals surface area contributed by atoms with Crippen LogP contribution in [0.1, 0.15) is 17.3 Å². The summed E-state index contributed by atoms with van der Waals surface area (Å²) in [7, 11) is 2.99. The van der Waals surface area contributed by atoms with Crippen LogP contribution < -0.4 is 19.5 Å². The minimum atomic E-state index is -0.344. The third kappa shape index (κ3) is 3.43. The summed E-state index contributed by atoms with van der Waals surface area (Å²) in [5, 5.41) is 2.70. The van der Waals surface area contributed by atoms with Gasteiger partial charge in [0.1, 0.15) is 0 Å². The third-order valence-corrected chi connectivity index (χ3v) is 2.81. The Kier molecular flexibility index (Phi) is 5.13. The summed E-state index contributed by atoms with van der Waals surface area (Å²) in [4.78, 5) is 20.3. The van der Waals surface area contributed by atoms with Crippen LogP contribution in [0.25, 0.3) is 0 Å². The fraction of sp³-hybridized carbons (Fsp3) is 0.267. The zero-order chi connectivity index (χ0) is 15.9. The minimum absolute atomic E-state index is 0.263. The van der Waals surface area contributed by atoms with E-state index in [9.17, 15) is 4.79 Å². The Morgan fingerprint density at radius 3 is 2.50 bits per heavy atom. The van der Waals surface area contributed by atoms with Crippen molar-refractivity contribution >= 4 is 11.6 Å². The molecule has 0 aliphatic carbocycles. The topological polar surface area (TPSA) is 82.6 Å². The Morgan fingerprint density at radius 2 is 1.91 bits per heavy atom. The first-order chi connectivity index (χ1) is 10.7. The highest BCUT2D eigenvalue weighted by Crippen LogP contribution is 2.31. The van der Waals surface area contributed by atoms with Crippen molar-refractivity contribution in [3.8, 4) is 17.5 Å². The van der Waals surface area contributed by atoms with Crippen LogP contribution in [-0.4, -0.2) is 36.7 Å². The molecule has 1 N–H and O–H groups in total. The first-order valence-corrected chi connectivity index (χ1v) is 6.66. The van der Waals surface area contributed by atoms with Gasteiger partial charge in [0.15, 0.2) is 11.5 Å². The van der Waals surface area contributed by atoms with Crippen molar-refractivity contribution in [2.75, 3.05) is 26.1 Å². The monoisotopic (exact) mass is 303 g/mol. The molecule has 22 heavy (non-hydrogen) atoms. The highest BCUT2D eigenvalue weighted by atomic mass is 16.5. The molecular weight excluding hydrogens is 286 g/mol. The number of anilines is 1. The van der Waals surface area contributed by atoms with Crippen LogP contribution >= 0.6 is 0 Å². The smallest absolute Gasteiger partial charge is 0.316 e. The molecule has 0 bridgehead atoms. The van der Waals surface area contributed by atoms with E-state index >= 15 is 0 Å². The highest BCUT2D eigenvalue weighted by molar-refractivity contribution is 6.06. The number of carbonyl (C=O) groups is 1. The molecule has 0 fully saturated rings. The molecule has 0 unspecified atom stereocenters. The van der Waals surface area contributed by atoms with E-state index in [1.54, 1.807) is 18.2 Å². The van der Waals surface area contributed by atoms with Gasteiger partial charge in [0.05, 0.1) is 44.5 Å². The number of para-hydroxylation sites is 1. The van der Waals surface area contributed by atoms with Gasteiger partial charge in [-0.3, -0.25) is 4.79 Å². The summed E-state index contributed by atoms with van der Waals surface area (Å²) in [6.45, 7) is 2.32. The summed E-state index contributed by atoms with van der Waals surface area (Å²) in [6, 6.07) is 5.34. The predicted octanol–water partition coefficient (Wildman–Crippen LogP) is 2.14. The zero-order valence-electron chi connectivity index (χ0n) is 12.6. The van der Waals surface area contributed by atoms with Crippen molar-refractivity contribution in [1.29, 1.82) is 0 Å². The van der Waals surface area contributed by atoms with Gasteiger partial charge in [0.2, 0.25) is 0 Å². The van der Waals surface area contributed by atoms with Crippen molar-refractivity contribution in [2.24, 2.45) is 0 Å². The highest BCUT2D eigenvalue weighted by Gasteiger charge is 2.16. The third-order valence-electron chi connectivity index (χ3n) is 2.81. The van der Waals surface area contributed by atoms with Crippen molar-refractivity contribution < 1.29 is 19.0 Å². The number of nitrogens with zero attached hydrogens (tertiary/aromatic N) is 2. The molecule has 0 radical (unpaired) electrons. The average molecular weight is 303 g/mol. The molecule has 0 aliphatic heterocycles. The molecule has 0 aliphatic rings. The SMILES string of the molecule is CCOc1ncc(NC(=O)c2cccc(OC)c2OC)cn1. The van der Waals surface area contributed by atoms with Crippen molar-refractivity contribution in [2.45, 2.75) is 6.92 Å². The second kappa shape index (κ2) is 7.26. The average Bonchev–Trinajstić information content (AvgIpc) is 2.56. The fourth-order valence-electron chi connectivity index (χ4n) is 1.85. The first kappa shape index (κ1) is 15.6. The number of amides is 1. The maximum absolute atomic E-state index is 12.3. The van der Waals surface area contributed by atoms with Crippen molar-refractivity contribution in [3.63, 3.8) is 0 Å². The molecule has 0 saturated heterocycles. The normalized spacial score (nSPS) is 9.95. The van der Waals surface area contributed by atoms with Crippen LogP contribution in [0.3, 0.4) is 0 Å². The van der Waals surface area contributed by atoms with Crippen LogP contribution in [0.5, 0.6) is 17.5 Å². The molecule has 1 aromatic heterocycles. The van der Waals surface area contributed by atoms with E-state index in [2.05, 4.69) is 15.3 Å². The van der Waals surface area contributed by atoms with Gasteiger partial charge in [0, 0.05) is 0 Å². The van der Waals surface area contributed by atoms with Gasteiger partial charge >= 0.3 is 6.01 Å². The molecule has 0 atom stereocenters. The molecule has 2 rings (SSSR count). The predicted molar refractivity (Wildman–Crippen MR) is 80.7 cm³/mol. The van der Waals surface area contributed by atoms with E-state index in [0.29, 0.717) is 29.4 Å². The number of hydrogen-bond acceptors (Lipinski definition) is 6. The van der Waals surface area contributed by atoms with Gasteiger partial charge in [-0.05, 0) is 19.1 Å². The standard InChI is InChI=1S/C15H17N3O4/c1-4-22-15-16-8-10(9-17-15)18-14(19)11-6-5-7-12(20-2)13(11)21-3/h5-9H,4H2,1-3H3,(H,18,19). The number of hydrogen-bond donors (Lipinski definition) is 1. The Bertz CT molecular complexity index is 644. The number of benzene rings is 1. The molecule has 7 nitrogen and oxygen atoms in total. The van der Waals surface area contributed by atoms with Gasteiger partial charge in [-0.25, -0.2) is 9.97 Å². The summed E-state index contributed by atoms with van der Waals surface area (Å²) >= 11 is 0. The Labute approximate surface area is 128 Å². The summed E-state index contributed by atoms with van der Waals surface area (Å²) in [6.07, 6.45) is 2.95. The maximum Gasteiger partial charge on any atom is 0.316 e. The summed E-state index contributed by atoms with van der Waals surface area (Å²) < 4.78 is 15.6. The number of carbonyl (C=O) groups excluding carboxylic acids is 1. The van der Waals surface area contributed by atoms with Crippen LogP contribution in [0, 0.1) is 0 Å². The molecule has 1 aromatic carbocycles. The fourth-order valence-corrected chi connectivity index (χ4v) is 1.85. The number of rotatable bonds is 6. The van der Waals surface area contributed by atoms with Crippen LogP contribution in [0.15, 0.2) is 30.6 Å².